The molecule has 18 heavy (non-hydrogen) atoms. The Morgan fingerprint density at radius 1 is 1.39 bits per heavy atom. The SMILES string of the molecule is CCC/C(N)=C/c1ncc(C)nc1C.CCOC. The molecule has 102 valence electrons. The molecule has 4 heteroatoms. The van der Waals surface area contributed by atoms with Crippen LogP contribution < -0.4 is 5.73 Å². The highest BCUT2D eigenvalue weighted by molar-refractivity contribution is 5.49. The van der Waals surface area contributed by atoms with Crippen molar-refractivity contribution in [1.82, 2.24) is 9.97 Å². The van der Waals surface area contributed by atoms with E-state index in [-0.39, 0.29) is 0 Å². The van der Waals surface area contributed by atoms with Crippen molar-refractivity contribution in [3.63, 3.8) is 0 Å². The van der Waals surface area contributed by atoms with Crippen LogP contribution in [0.4, 0.5) is 0 Å². The largest absolute Gasteiger partial charge is 0.402 e. The van der Waals surface area contributed by atoms with E-state index in [2.05, 4.69) is 21.6 Å². The molecule has 0 bridgehead atoms. The minimum absolute atomic E-state index is 0.819. The third-order valence-corrected chi connectivity index (χ3v) is 2.25. The molecule has 0 spiro atoms. The van der Waals surface area contributed by atoms with Gasteiger partial charge in [-0.15, -0.1) is 0 Å². The maximum absolute atomic E-state index is 5.82. The van der Waals surface area contributed by atoms with Crippen molar-refractivity contribution in [3.05, 3.63) is 29.0 Å². The first kappa shape index (κ1) is 16.6. The van der Waals surface area contributed by atoms with Crippen molar-refractivity contribution in [2.45, 2.75) is 40.5 Å². The van der Waals surface area contributed by atoms with Crippen molar-refractivity contribution >= 4 is 6.08 Å². The summed E-state index contributed by atoms with van der Waals surface area (Å²) in [5.74, 6) is 0. The summed E-state index contributed by atoms with van der Waals surface area (Å²) in [6.07, 6.45) is 5.64. The summed E-state index contributed by atoms with van der Waals surface area (Å²) in [5.41, 5.74) is 9.44. The van der Waals surface area contributed by atoms with Gasteiger partial charge in [-0.25, -0.2) is 0 Å². The van der Waals surface area contributed by atoms with Gasteiger partial charge in [0.25, 0.3) is 0 Å². The maximum Gasteiger partial charge on any atom is 0.0859 e. The number of aryl methyl sites for hydroxylation is 2. The lowest BCUT2D eigenvalue weighted by atomic mass is 10.2. The lowest BCUT2D eigenvalue weighted by molar-refractivity contribution is 0.215. The van der Waals surface area contributed by atoms with Gasteiger partial charge in [-0.05, 0) is 33.3 Å². The molecule has 0 saturated carbocycles. The molecule has 1 aromatic heterocycles. The number of rotatable bonds is 4. The average Bonchev–Trinajstić information content (AvgIpc) is 2.33. The zero-order valence-corrected chi connectivity index (χ0v) is 12.2. The van der Waals surface area contributed by atoms with E-state index in [4.69, 9.17) is 5.73 Å². The number of ether oxygens (including phenoxy) is 1. The Hall–Kier alpha value is -1.42. The molecule has 4 nitrogen and oxygen atoms in total. The molecule has 0 atom stereocenters. The third kappa shape index (κ3) is 7.01. The highest BCUT2D eigenvalue weighted by Gasteiger charge is 1.99. The molecule has 0 aromatic carbocycles. The van der Waals surface area contributed by atoms with Gasteiger partial charge in [0.05, 0.1) is 17.1 Å². The van der Waals surface area contributed by atoms with E-state index in [9.17, 15) is 0 Å². The molecule has 0 aliphatic heterocycles. The molecule has 0 saturated heterocycles. The second kappa shape index (κ2) is 9.59. The predicted molar refractivity (Wildman–Crippen MR) is 76.1 cm³/mol. The lowest BCUT2D eigenvalue weighted by Crippen LogP contribution is -1.99. The van der Waals surface area contributed by atoms with Crippen LogP contribution in [0.15, 0.2) is 11.9 Å². The predicted octanol–water partition coefficient (Wildman–Crippen LogP) is 2.85. The van der Waals surface area contributed by atoms with Gasteiger partial charge in [0.15, 0.2) is 0 Å². The molecule has 0 fully saturated rings. The first-order chi connectivity index (χ1) is 8.54. The van der Waals surface area contributed by atoms with E-state index in [1.54, 1.807) is 13.3 Å². The van der Waals surface area contributed by atoms with E-state index < -0.39 is 0 Å². The van der Waals surface area contributed by atoms with Gasteiger partial charge in [-0.3, -0.25) is 9.97 Å². The Kier molecular flexibility index (Phi) is 8.84. The molecule has 1 aromatic rings. The standard InChI is InChI=1S/C11H17N3.C3H8O/c1-4-5-10(12)6-11-9(3)14-8(2)7-13-11;1-3-4-2/h6-7H,4-5,12H2,1-3H3;3H2,1-2H3/b10-6-;. The molecule has 1 heterocycles. The molecule has 1 rings (SSSR count). The zero-order chi connectivity index (χ0) is 14.0. The van der Waals surface area contributed by atoms with Crippen LogP contribution in [0.1, 0.15) is 43.8 Å². The monoisotopic (exact) mass is 251 g/mol. The van der Waals surface area contributed by atoms with Crippen molar-refractivity contribution in [2.24, 2.45) is 5.73 Å². The van der Waals surface area contributed by atoms with Gasteiger partial charge < -0.3 is 10.5 Å². The topological polar surface area (TPSA) is 61.0 Å². The van der Waals surface area contributed by atoms with Crippen LogP contribution in [0.3, 0.4) is 0 Å². The Bertz CT molecular complexity index is 373. The van der Waals surface area contributed by atoms with E-state index in [0.717, 1.165) is 42.2 Å². The molecule has 0 aliphatic carbocycles. The molecular weight excluding hydrogens is 226 g/mol. The van der Waals surface area contributed by atoms with Gasteiger partial charge in [0.2, 0.25) is 0 Å². The van der Waals surface area contributed by atoms with Gasteiger partial charge in [-0.2, -0.15) is 0 Å². The minimum Gasteiger partial charge on any atom is -0.402 e. The van der Waals surface area contributed by atoms with Crippen LogP contribution in [0, 0.1) is 13.8 Å². The Morgan fingerprint density at radius 3 is 2.44 bits per heavy atom. The van der Waals surface area contributed by atoms with E-state index in [1.807, 2.05) is 26.8 Å². The molecule has 0 amide bonds. The molecule has 0 unspecified atom stereocenters. The summed E-state index contributed by atoms with van der Waals surface area (Å²) in [4.78, 5) is 8.61. The quantitative estimate of drug-likeness (QED) is 0.894. The summed E-state index contributed by atoms with van der Waals surface area (Å²) < 4.78 is 4.54. The molecule has 2 N–H and O–H groups in total. The van der Waals surface area contributed by atoms with Gasteiger partial charge in [0.1, 0.15) is 0 Å². The molecule has 0 radical (unpaired) electrons. The number of methoxy groups -OCH3 is 1. The highest BCUT2D eigenvalue weighted by atomic mass is 16.5. The maximum atomic E-state index is 5.82. The van der Waals surface area contributed by atoms with Crippen LogP contribution in [0.2, 0.25) is 0 Å². The number of allylic oxidation sites excluding steroid dienone is 1. The third-order valence-electron chi connectivity index (χ3n) is 2.25. The second-order valence-electron chi connectivity index (χ2n) is 4.03. The summed E-state index contributed by atoms with van der Waals surface area (Å²) in [7, 11) is 1.68. The average molecular weight is 251 g/mol. The van der Waals surface area contributed by atoms with Crippen LogP contribution in [-0.4, -0.2) is 23.7 Å². The summed E-state index contributed by atoms with van der Waals surface area (Å²) in [5, 5.41) is 0. The van der Waals surface area contributed by atoms with Crippen molar-refractivity contribution < 1.29 is 4.74 Å². The van der Waals surface area contributed by atoms with Crippen LogP contribution >= 0.6 is 0 Å². The fourth-order valence-electron chi connectivity index (χ4n) is 1.29. The van der Waals surface area contributed by atoms with Crippen LogP contribution in [0.25, 0.3) is 6.08 Å². The van der Waals surface area contributed by atoms with Crippen molar-refractivity contribution in [1.29, 1.82) is 0 Å². The number of nitrogens with zero attached hydrogens (tertiary/aromatic N) is 2. The first-order valence-corrected chi connectivity index (χ1v) is 6.30. The van der Waals surface area contributed by atoms with Crippen LogP contribution in [0.5, 0.6) is 0 Å². The van der Waals surface area contributed by atoms with Gasteiger partial charge >= 0.3 is 0 Å². The zero-order valence-electron chi connectivity index (χ0n) is 12.2. The van der Waals surface area contributed by atoms with E-state index in [0.29, 0.717) is 0 Å². The van der Waals surface area contributed by atoms with Crippen LogP contribution in [-0.2, 0) is 4.74 Å². The number of hydrogen-bond acceptors (Lipinski definition) is 4. The number of hydrogen-bond donors (Lipinski definition) is 1. The van der Waals surface area contributed by atoms with E-state index >= 15 is 0 Å². The van der Waals surface area contributed by atoms with Gasteiger partial charge in [-0.1, -0.05) is 13.3 Å². The second-order valence-corrected chi connectivity index (χ2v) is 4.03. The van der Waals surface area contributed by atoms with Gasteiger partial charge in [0, 0.05) is 25.6 Å². The smallest absolute Gasteiger partial charge is 0.0859 e. The number of aromatic nitrogens is 2. The minimum atomic E-state index is 0.819. The molecule has 0 aliphatic rings. The Morgan fingerprint density at radius 2 is 2.00 bits per heavy atom. The normalized spacial score (nSPS) is 10.8. The van der Waals surface area contributed by atoms with E-state index in [1.165, 1.54) is 0 Å². The fourth-order valence-corrected chi connectivity index (χ4v) is 1.29. The van der Waals surface area contributed by atoms with Crippen molar-refractivity contribution in [3.8, 4) is 0 Å². The summed E-state index contributed by atoms with van der Waals surface area (Å²) in [6.45, 7) is 8.77. The van der Waals surface area contributed by atoms with Crippen molar-refractivity contribution in [2.75, 3.05) is 13.7 Å². The summed E-state index contributed by atoms with van der Waals surface area (Å²) in [6, 6.07) is 0. The summed E-state index contributed by atoms with van der Waals surface area (Å²) >= 11 is 0. The molecular formula is C14H25N3O. The number of nitrogens with two attached hydrogens (primary N) is 1. The fraction of sp³-hybridized carbons (Fsp3) is 0.571. The Balaban J connectivity index is 0.000000631. The Labute approximate surface area is 110 Å². The first-order valence-electron chi connectivity index (χ1n) is 6.30. The highest BCUT2D eigenvalue weighted by Crippen LogP contribution is 2.08. The lowest BCUT2D eigenvalue weighted by Gasteiger charge is -2.02.